The third-order valence-corrected chi connectivity index (χ3v) is 4.89. The zero-order valence-electron chi connectivity index (χ0n) is 12.1. The Labute approximate surface area is 129 Å². The molecule has 0 radical (unpaired) electrons. The van der Waals surface area contributed by atoms with Crippen LogP contribution < -0.4 is 14.2 Å². The molecule has 2 aromatic rings. The normalized spacial score (nSPS) is 15.5. The maximum atomic E-state index is 12.4. The van der Waals surface area contributed by atoms with Crippen LogP contribution >= 0.6 is 0 Å². The smallest absolute Gasteiger partial charge is 0.240 e. The van der Waals surface area contributed by atoms with Gasteiger partial charge in [-0.15, -0.1) is 0 Å². The van der Waals surface area contributed by atoms with E-state index < -0.39 is 10.0 Å². The maximum absolute atomic E-state index is 12.4. The van der Waals surface area contributed by atoms with Crippen LogP contribution in [0.4, 0.5) is 0 Å². The molecule has 0 unspecified atom stereocenters. The summed E-state index contributed by atoms with van der Waals surface area (Å²) in [5.74, 6) is 1.02. The molecule has 1 atom stereocenters. The van der Waals surface area contributed by atoms with E-state index in [4.69, 9.17) is 13.9 Å². The van der Waals surface area contributed by atoms with Crippen LogP contribution in [-0.2, 0) is 16.4 Å². The molecule has 0 saturated carbocycles. The highest BCUT2D eigenvalue weighted by Crippen LogP contribution is 2.32. The minimum atomic E-state index is -3.61. The number of ether oxygens (including phenoxy) is 2. The fourth-order valence-corrected chi connectivity index (χ4v) is 3.59. The highest BCUT2D eigenvalue weighted by Gasteiger charge is 2.21. The van der Waals surface area contributed by atoms with Gasteiger partial charge in [0, 0.05) is 12.1 Å². The molecular weight excluding hydrogens is 306 g/mol. The van der Waals surface area contributed by atoms with Crippen LogP contribution in [0.15, 0.2) is 46.1 Å². The van der Waals surface area contributed by atoms with Crippen LogP contribution in [0.2, 0.25) is 0 Å². The van der Waals surface area contributed by atoms with Crippen LogP contribution in [0.25, 0.3) is 0 Å². The molecule has 3 rings (SSSR count). The van der Waals surface area contributed by atoms with Gasteiger partial charge in [-0.3, -0.25) is 0 Å². The topological polar surface area (TPSA) is 77.8 Å². The fraction of sp³-hybridized carbons (Fsp3) is 0.333. The molecule has 1 N–H and O–H groups in total. The molecule has 0 aliphatic carbocycles. The summed E-state index contributed by atoms with van der Waals surface area (Å²) in [7, 11) is -3.61. The Morgan fingerprint density at radius 1 is 1.18 bits per heavy atom. The first-order valence-corrected chi connectivity index (χ1v) is 8.46. The second kappa shape index (κ2) is 6.02. The molecular formula is C15H17NO5S. The molecule has 0 spiro atoms. The first-order valence-electron chi connectivity index (χ1n) is 6.98. The standard InChI is InChI=1S/C15H17NO5S/c1-11(8-12-4-5-19-10-12)16-22(17,18)13-2-3-14-15(9-13)21-7-6-20-14/h2-5,9-11,16H,6-8H2,1H3/t11-/m1/s1. The van der Waals surface area contributed by atoms with Crippen molar-refractivity contribution in [3.63, 3.8) is 0 Å². The van der Waals surface area contributed by atoms with Gasteiger partial charge in [0.1, 0.15) is 13.2 Å². The highest BCUT2D eigenvalue weighted by molar-refractivity contribution is 7.89. The summed E-state index contributed by atoms with van der Waals surface area (Å²) in [6, 6.07) is 6.18. The fourth-order valence-electron chi connectivity index (χ4n) is 2.33. The number of rotatable bonds is 5. The number of hydrogen-bond acceptors (Lipinski definition) is 5. The van der Waals surface area contributed by atoms with Gasteiger partial charge in [0.15, 0.2) is 11.5 Å². The average molecular weight is 323 g/mol. The largest absolute Gasteiger partial charge is 0.486 e. The van der Waals surface area contributed by atoms with Crippen molar-refractivity contribution < 1.29 is 22.3 Å². The highest BCUT2D eigenvalue weighted by atomic mass is 32.2. The van der Waals surface area contributed by atoms with Gasteiger partial charge in [-0.25, -0.2) is 13.1 Å². The van der Waals surface area contributed by atoms with Gasteiger partial charge in [-0.05, 0) is 37.1 Å². The molecule has 6 nitrogen and oxygen atoms in total. The first kappa shape index (κ1) is 14.9. The zero-order chi connectivity index (χ0) is 15.6. The molecule has 0 bridgehead atoms. The lowest BCUT2D eigenvalue weighted by atomic mass is 10.1. The van der Waals surface area contributed by atoms with E-state index in [1.165, 1.54) is 12.1 Å². The van der Waals surface area contributed by atoms with Crippen molar-refractivity contribution in [3.05, 3.63) is 42.4 Å². The van der Waals surface area contributed by atoms with Gasteiger partial charge in [0.05, 0.1) is 17.4 Å². The number of furan rings is 1. The number of sulfonamides is 1. The molecule has 1 aromatic carbocycles. The van der Waals surface area contributed by atoms with Crippen molar-refractivity contribution in [2.45, 2.75) is 24.3 Å². The van der Waals surface area contributed by atoms with E-state index >= 15 is 0 Å². The van der Waals surface area contributed by atoms with Crippen LogP contribution in [0.3, 0.4) is 0 Å². The molecule has 0 saturated heterocycles. The Morgan fingerprint density at radius 3 is 2.68 bits per heavy atom. The van der Waals surface area contributed by atoms with Crippen LogP contribution in [0.5, 0.6) is 11.5 Å². The van der Waals surface area contributed by atoms with Crippen molar-refractivity contribution in [1.29, 1.82) is 0 Å². The summed E-state index contributed by atoms with van der Waals surface area (Å²) in [5.41, 5.74) is 0.942. The van der Waals surface area contributed by atoms with Gasteiger partial charge in [0.25, 0.3) is 0 Å². The summed E-state index contributed by atoms with van der Waals surface area (Å²) in [6.07, 6.45) is 3.73. The van der Waals surface area contributed by atoms with Gasteiger partial charge < -0.3 is 13.9 Å². The minimum absolute atomic E-state index is 0.163. The molecule has 0 fully saturated rings. The van der Waals surface area contributed by atoms with Crippen LogP contribution in [0.1, 0.15) is 12.5 Å². The van der Waals surface area contributed by atoms with E-state index in [1.807, 2.05) is 13.0 Å². The lowest BCUT2D eigenvalue weighted by Gasteiger charge is -2.19. The summed E-state index contributed by atoms with van der Waals surface area (Å²) >= 11 is 0. The summed E-state index contributed by atoms with van der Waals surface area (Å²) in [6.45, 7) is 2.70. The Kier molecular flexibility index (Phi) is 4.08. The first-order chi connectivity index (χ1) is 10.5. The lowest BCUT2D eigenvalue weighted by Crippen LogP contribution is -2.34. The Balaban J connectivity index is 1.74. The SMILES string of the molecule is C[C@H](Cc1ccoc1)NS(=O)(=O)c1ccc2c(c1)OCCO2. The molecule has 0 amide bonds. The second-order valence-corrected chi connectivity index (χ2v) is 6.88. The van der Waals surface area contributed by atoms with E-state index in [9.17, 15) is 8.42 Å². The summed E-state index contributed by atoms with van der Waals surface area (Å²) in [4.78, 5) is 0.163. The van der Waals surface area contributed by atoms with Crippen LogP contribution in [0, 0.1) is 0 Å². The third kappa shape index (κ3) is 3.26. The third-order valence-electron chi connectivity index (χ3n) is 3.30. The summed E-state index contributed by atoms with van der Waals surface area (Å²) < 4.78 is 43.3. The zero-order valence-corrected chi connectivity index (χ0v) is 12.9. The molecule has 118 valence electrons. The lowest BCUT2D eigenvalue weighted by molar-refractivity contribution is 0.171. The Morgan fingerprint density at radius 2 is 1.95 bits per heavy atom. The molecule has 1 aliphatic heterocycles. The van der Waals surface area contributed by atoms with Crippen molar-refractivity contribution >= 4 is 10.0 Å². The van der Waals surface area contributed by atoms with Gasteiger partial charge in [-0.2, -0.15) is 0 Å². The minimum Gasteiger partial charge on any atom is -0.486 e. The number of fused-ring (bicyclic) bond motifs is 1. The maximum Gasteiger partial charge on any atom is 0.240 e. The van der Waals surface area contributed by atoms with E-state index in [2.05, 4.69) is 4.72 Å². The number of hydrogen-bond donors (Lipinski definition) is 1. The quantitative estimate of drug-likeness (QED) is 0.910. The van der Waals surface area contributed by atoms with Crippen molar-refractivity contribution in [1.82, 2.24) is 4.72 Å². The van der Waals surface area contributed by atoms with Crippen molar-refractivity contribution in [2.24, 2.45) is 0 Å². The average Bonchev–Trinajstić information content (AvgIpc) is 2.99. The van der Waals surface area contributed by atoms with E-state index in [1.54, 1.807) is 18.6 Å². The Bertz CT molecular complexity index is 739. The second-order valence-electron chi connectivity index (χ2n) is 5.16. The monoisotopic (exact) mass is 323 g/mol. The summed E-state index contributed by atoms with van der Waals surface area (Å²) in [5, 5.41) is 0. The predicted octanol–water partition coefficient (Wildman–Crippen LogP) is 1.96. The van der Waals surface area contributed by atoms with E-state index in [-0.39, 0.29) is 10.9 Å². The molecule has 22 heavy (non-hydrogen) atoms. The Hall–Kier alpha value is -1.99. The molecule has 2 heterocycles. The molecule has 1 aliphatic rings. The molecule has 1 aromatic heterocycles. The number of nitrogens with one attached hydrogen (secondary N) is 1. The van der Waals surface area contributed by atoms with Gasteiger partial charge in [0.2, 0.25) is 10.0 Å². The van der Waals surface area contributed by atoms with E-state index in [0.29, 0.717) is 31.1 Å². The van der Waals surface area contributed by atoms with Gasteiger partial charge in [-0.1, -0.05) is 0 Å². The van der Waals surface area contributed by atoms with Gasteiger partial charge >= 0.3 is 0 Å². The predicted molar refractivity (Wildman–Crippen MR) is 79.6 cm³/mol. The van der Waals surface area contributed by atoms with Crippen molar-refractivity contribution in [3.8, 4) is 11.5 Å². The van der Waals surface area contributed by atoms with Crippen LogP contribution in [-0.4, -0.2) is 27.7 Å². The van der Waals surface area contributed by atoms with Crippen molar-refractivity contribution in [2.75, 3.05) is 13.2 Å². The molecule has 7 heteroatoms. The van der Waals surface area contributed by atoms with E-state index in [0.717, 1.165) is 5.56 Å². The number of benzene rings is 1.